The van der Waals surface area contributed by atoms with E-state index in [1.807, 2.05) is 13.8 Å². The third-order valence-electron chi connectivity index (χ3n) is 2.87. The van der Waals surface area contributed by atoms with Gasteiger partial charge in [0.1, 0.15) is 0 Å². The number of nitrogens with two attached hydrogens (primary N) is 1. The quantitative estimate of drug-likeness (QED) is 0.916. The number of nitrogens with zero attached hydrogens (tertiary/aromatic N) is 2. The second-order valence-corrected chi connectivity index (χ2v) is 4.82. The Bertz CT molecular complexity index is 577. The van der Waals surface area contributed by atoms with E-state index in [2.05, 4.69) is 9.97 Å². The first kappa shape index (κ1) is 13.3. The molecule has 0 aliphatic rings. The van der Waals surface area contributed by atoms with Gasteiger partial charge in [0.2, 0.25) is 0 Å². The highest BCUT2D eigenvalue weighted by Gasteiger charge is 2.14. The van der Waals surface area contributed by atoms with E-state index >= 15 is 0 Å². The second kappa shape index (κ2) is 5.22. The van der Waals surface area contributed by atoms with Crippen molar-refractivity contribution in [1.29, 1.82) is 0 Å². The van der Waals surface area contributed by atoms with Crippen molar-refractivity contribution < 1.29 is 0 Å². The molecule has 0 unspecified atom stereocenters. The molecule has 2 aromatic rings. The lowest BCUT2D eigenvalue weighted by Gasteiger charge is -2.11. The molecule has 0 aliphatic heterocycles. The van der Waals surface area contributed by atoms with E-state index in [1.54, 1.807) is 18.2 Å². The van der Waals surface area contributed by atoms with E-state index < -0.39 is 0 Å². The predicted octanol–water partition coefficient (Wildman–Crippen LogP) is 3.53. The maximum absolute atomic E-state index is 6.16. The molecule has 3 nitrogen and oxygen atoms in total. The van der Waals surface area contributed by atoms with Crippen molar-refractivity contribution in [2.45, 2.75) is 20.4 Å². The van der Waals surface area contributed by atoms with Crippen LogP contribution in [-0.4, -0.2) is 9.97 Å². The molecule has 2 N–H and O–H groups in total. The van der Waals surface area contributed by atoms with Gasteiger partial charge in [0.25, 0.3) is 0 Å². The Morgan fingerprint density at radius 1 is 1.11 bits per heavy atom. The molecule has 0 saturated heterocycles. The van der Waals surface area contributed by atoms with Crippen LogP contribution in [0.2, 0.25) is 10.0 Å². The fraction of sp³-hybridized carbons (Fsp3) is 0.231. The summed E-state index contributed by atoms with van der Waals surface area (Å²) in [6.07, 6.45) is 0. The summed E-state index contributed by atoms with van der Waals surface area (Å²) in [5.74, 6) is 0.522. The number of hydrogen-bond donors (Lipinski definition) is 1. The van der Waals surface area contributed by atoms with E-state index in [4.69, 9.17) is 28.9 Å². The monoisotopic (exact) mass is 281 g/mol. The fourth-order valence-corrected chi connectivity index (χ4v) is 2.28. The molecular weight excluding hydrogens is 269 g/mol. The molecular formula is C13H13Cl2N3. The highest BCUT2D eigenvalue weighted by atomic mass is 35.5. The number of halogens is 2. The van der Waals surface area contributed by atoms with Gasteiger partial charge in [0, 0.05) is 12.2 Å². The Morgan fingerprint density at radius 2 is 1.72 bits per heavy atom. The Balaban J connectivity index is 2.68. The third kappa shape index (κ3) is 2.34. The first-order chi connectivity index (χ1) is 8.54. The molecule has 2 rings (SSSR count). The van der Waals surface area contributed by atoms with Gasteiger partial charge in [-0.15, -0.1) is 0 Å². The van der Waals surface area contributed by atoms with Gasteiger partial charge in [-0.2, -0.15) is 0 Å². The lowest BCUT2D eigenvalue weighted by Crippen LogP contribution is -2.07. The molecule has 0 aliphatic carbocycles. The first-order valence-electron chi connectivity index (χ1n) is 5.53. The summed E-state index contributed by atoms with van der Waals surface area (Å²) in [6.45, 7) is 4.24. The van der Waals surface area contributed by atoms with Crippen LogP contribution in [0, 0.1) is 13.8 Å². The smallest absolute Gasteiger partial charge is 0.162 e. The summed E-state index contributed by atoms with van der Waals surface area (Å²) in [7, 11) is 0. The van der Waals surface area contributed by atoms with Crippen LogP contribution >= 0.6 is 23.2 Å². The first-order valence-corrected chi connectivity index (χ1v) is 6.28. The lowest BCUT2D eigenvalue weighted by molar-refractivity contribution is 0.926. The maximum atomic E-state index is 6.16. The summed E-state index contributed by atoms with van der Waals surface area (Å²) < 4.78 is 0. The van der Waals surface area contributed by atoms with Gasteiger partial charge in [0.05, 0.1) is 21.3 Å². The summed E-state index contributed by atoms with van der Waals surface area (Å²) in [6, 6.07) is 5.33. The largest absolute Gasteiger partial charge is 0.325 e. The molecule has 0 bridgehead atoms. The second-order valence-electron chi connectivity index (χ2n) is 4.01. The van der Waals surface area contributed by atoms with Crippen LogP contribution in [0.4, 0.5) is 0 Å². The molecule has 94 valence electrons. The summed E-state index contributed by atoms with van der Waals surface area (Å²) in [5, 5.41) is 1.07. The van der Waals surface area contributed by atoms with Crippen LogP contribution in [0.5, 0.6) is 0 Å². The number of aryl methyl sites for hydroxylation is 1. The van der Waals surface area contributed by atoms with Crippen LogP contribution in [0.25, 0.3) is 11.4 Å². The lowest BCUT2D eigenvalue weighted by atomic mass is 10.1. The van der Waals surface area contributed by atoms with Gasteiger partial charge in [-0.25, -0.2) is 9.97 Å². The Kier molecular flexibility index (Phi) is 3.85. The predicted molar refractivity (Wildman–Crippen MR) is 74.9 cm³/mol. The molecule has 0 saturated carbocycles. The van der Waals surface area contributed by atoms with E-state index in [9.17, 15) is 0 Å². The third-order valence-corrected chi connectivity index (χ3v) is 3.50. The molecule has 18 heavy (non-hydrogen) atoms. The highest BCUT2D eigenvalue weighted by Crippen LogP contribution is 2.32. The van der Waals surface area contributed by atoms with Gasteiger partial charge in [0.15, 0.2) is 5.82 Å². The maximum Gasteiger partial charge on any atom is 0.162 e. The van der Waals surface area contributed by atoms with Crippen LogP contribution in [-0.2, 0) is 6.54 Å². The molecule has 0 spiro atoms. The standard InChI is InChI=1S/C13H13Cl2N3/c1-7-8(2)17-13(18-11(7)6-16)12-9(14)4-3-5-10(12)15/h3-5H,6,16H2,1-2H3. The summed E-state index contributed by atoms with van der Waals surface area (Å²) in [5.41, 5.74) is 9.04. The van der Waals surface area contributed by atoms with E-state index in [0.29, 0.717) is 28.0 Å². The average Bonchev–Trinajstić information content (AvgIpc) is 2.33. The minimum atomic E-state index is 0.365. The van der Waals surface area contributed by atoms with Crippen molar-refractivity contribution in [3.63, 3.8) is 0 Å². The van der Waals surface area contributed by atoms with Gasteiger partial charge in [-0.3, -0.25) is 0 Å². The number of aromatic nitrogens is 2. The summed E-state index contributed by atoms with van der Waals surface area (Å²) >= 11 is 12.3. The van der Waals surface area contributed by atoms with Crippen molar-refractivity contribution in [1.82, 2.24) is 9.97 Å². The summed E-state index contributed by atoms with van der Waals surface area (Å²) in [4.78, 5) is 8.88. The van der Waals surface area contributed by atoms with Gasteiger partial charge >= 0.3 is 0 Å². The van der Waals surface area contributed by atoms with Crippen LogP contribution in [0.1, 0.15) is 17.0 Å². The normalized spacial score (nSPS) is 10.7. The van der Waals surface area contributed by atoms with Gasteiger partial charge < -0.3 is 5.73 Å². The van der Waals surface area contributed by atoms with Crippen LogP contribution in [0.15, 0.2) is 18.2 Å². The molecule has 1 aromatic heterocycles. The Hall–Kier alpha value is -1.16. The number of rotatable bonds is 2. The highest BCUT2D eigenvalue weighted by molar-refractivity contribution is 6.38. The minimum Gasteiger partial charge on any atom is -0.325 e. The molecule has 0 amide bonds. The minimum absolute atomic E-state index is 0.365. The number of hydrogen-bond acceptors (Lipinski definition) is 3. The molecule has 1 heterocycles. The van der Waals surface area contributed by atoms with Crippen molar-refractivity contribution >= 4 is 23.2 Å². The van der Waals surface area contributed by atoms with E-state index in [0.717, 1.165) is 17.0 Å². The van der Waals surface area contributed by atoms with E-state index in [1.165, 1.54) is 0 Å². The van der Waals surface area contributed by atoms with Crippen molar-refractivity contribution in [3.05, 3.63) is 45.2 Å². The zero-order valence-electron chi connectivity index (χ0n) is 10.2. The SMILES string of the molecule is Cc1nc(-c2c(Cl)cccc2Cl)nc(CN)c1C. The molecule has 5 heteroatoms. The molecule has 1 aromatic carbocycles. The zero-order chi connectivity index (χ0) is 13.3. The Morgan fingerprint density at radius 3 is 2.28 bits per heavy atom. The number of benzene rings is 1. The van der Waals surface area contributed by atoms with Crippen molar-refractivity contribution in [3.8, 4) is 11.4 Å². The van der Waals surface area contributed by atoms with Crippen LogP contribution in [0.3, 0.4) is 0 Å². The van der Waals surface area contributed by atoms with Gasteiger partial charge in [-0.1, -0.05) is 29.3 Å². The molecule has 0 radical (unpaired) electrons. The van der Waals surface area contributed by atoms with Gasteiger partial charge in [-0.05, 0) is 31.5 Å². The molecule has 0 fully saturated rings. The van der Waals surface area contributed by atoms with Crippen LogP contribution < -0.4 is 5.73 Å². The topological polar surface area (TPSA) is 51.8 Å². The van der Waals surface area contributed by atoms with E-state index in [-0.39, 0.29) is 0 Å². The zero-order valence-corrected chi connectivity index (χ0v) is 11.7. The van der Waals surface area contributed by atoms with Crippen molar-refractivity contribution in [2.24, 2.45) is 5.73 Å². The Labute approximate surface area is 116 Å². The molecule has 0 atom stereocenters. The fourth-order valence-electron chi connectivity index (χ4n) is 1.71. The average molecular weight is 282 g/mol. The van der Waals surface area contributed by atoms with Crippen molar-refractivity contribution in [2.75, 3.05) is 0 Å².